The van der Waals surface area contributed by atoms with Gasteiger partial charge in [0.15, 0.2) is 5.82 Å². The number of hydrogen-bond donors (Lipinski definition) is 4. The second kappa shape index (κ2) is 6.17. The number of phenols is 1. The average Bonchev–Trinajstić information content (AvgIpc) is 2.89. The summed E-state index contributed by atoms with van der Waals surface area (Å²) in [7, 11) is 0. The Bertz CT molecular complexity index is 506. The van der Waals surface area contributed by atoms with Gasteiger partial charge in [-0.05, 0) is 24.3 Å². The van der Waals surface area contributed by atoms with Crippen LogP contribution in [0.3, 0.4) is 0 Å². The first-order valence-electron chi connectivity index (χ1n) is 5.93. The smallest absolute Gasteiger partial charge is 0.245 e. The van der Waals surface area contributed by atoms with Crippen LogP contribution >= 0.6 is 0 Å². The van der Waals surface area contributed by atoms with Crippen molar-refractivity contribution in [1.82, 2.24) is 15.2 Å². The molecule has 102 valence electrons. The van der Waals surface area contributed by atoms with E-state index in [0.29, 0.717) is 24.9 Å². The van der Waals surface area contributed by atoms with Crippen molar-refractivity contribution in [2.24, 2.45) is 0 Å². The van der Waals surface area contributed by atoms with E-state index in [9.17, 15) is 5.11 Å². The number of H-pyrrole nitrogens is 1. The molecule has 0 saturated carbocycles. The fraction of sp³-hybridized carbons (Fsp3) is 0.333. The van der Waals surface area contributed by atoms with E-state index >= 15 is 0 Å². The molecule has 0 atom stereocenters. The molecule has 1 heterocycles. The molecule has 4 N–H and O–H groups in total. The minimum absolute atomic E-state index is 0.0386. The number of aliphatic hydroxyl groups excluding tert-OH is 2. The summed E-state index contributed by atoms with van der Waals surface area (Å²) in [5, 5.41) is 34.0. The molecule has 0 fully saturated rings. The Balaban J connectivity index is 2.19. The molecule has 0 aliphatic carbocycles. The second-order valence-corrected chi connectivity index (χ2v) is 3.97. The molecule has 0 aliphatic heterocycles. The van der Waals surface area contributed by atoms with Crippen molar-refractivity contribution in [1.29, 1.82) is 0 Å². The fourth-order valence-corrected chi connectivity index (χ4v) is 1.70. The lowest BCUT2D eigenvalue weighted by atomic mass is 10.2. The van der Waals surface area contributed by atoms with Crippen LogP contribution in [0.25, 0.3) is 11.4 Å². The van der Waals surface area contributed by atoms with Crippen molar-refractivity contribution < 1.29 is 15.3 Å². The number of benzene rings is 1. The number of hydrogen-bond acceptors (Lipinski definition) is 6. The molecular formula is C12H16N4O3. The maximum Gasteiger partial charge on any atom is 0.245 e. The highest BCUT2D eigenvalue weighted by Crippen LogP contribution is 2.20. The Morgan fingerprint density at radius 3 is 2.26 bits per heavy atom. The summed E-state index contributed by atoms with van der Waals surface area (Å²) in [6.07, 6.45) is 0. The molecular weight excluding hydrogens is 248 g/mol. The van der Waals surface area contributed by atoms with Crippen LogP contribution in [-0.2, 0) is 0 Å². The van der Waals surface area contributed by atoms with Gasteiger partial charge in [0.05, 0.1) is 13.2 Å². The monoisotopic (exact) mass is 264 g/mol. The number of anilines is 1. The predicted octanol–water partition coefficient (Wildman–Crippen LogP) is -0.0317. The van der Waals surface area contributed by atoms with E-state index in [2.05, 4.69) is 15.2 Å². The van der Waals surface area contributed by atoms with Crippen LogP contribution in [0.15, 0.2) is 24.3 Å². The molecule has 19 heavy (non-hydrogen) atoms. The van der Waals surface area contributed by atoms with Crippen molar-refractivity contribution in [3.05, 3.63) is 24.3 Å². The largest absolute Gasteiger partial charge is 0.508 e. The summed E-state index contributed by atoms with van der Waals surface area (Å²) in [4.78, 5) is 5.98. The summed E-state index contributed by atoms with van der Waals surface area (Å²) in [6.45, 7) is 0.632. The van der Waals surface area contributed by atoms with Gasteiger partial charge in [0.25, 0.3) is 0 Å². The zero-order chi connectivity index (χ0) is 13.7. The molecule has 7 heteroatoms. The molecule has 7 nitrogen and oxygen atoms in total. The van der Waals surface area contributed by atoms with Crippen molar-refractivity contribution >= 4 is 5.95 Å². The molecule has 0 aliphatic rings. The maximum atomic E-state index is 9.23. The van der Waals surface area contributed by atoms with Crippen LogP contribution in [0.1, 0.15) is 0 Å². The fourth-order valence-electron chi connectivity index (χ4n) is 1.70. The predicted molar refractivity (Wildman–Crippen MR) is 69.9 cm³/mol. The molecule has 2 aromatic rings. The lowest BCUT2D eigenvalue weighted by molar-refractivity contribution is 0.280. The van der Waals surface area contributed by atoms with E-state index in [1.165, 1.54) is 0 Å². The highest BCUT2D eigenvalue weighted by molar-refractivity contribution is 5.57. The number of nitrogens with zero attached hydrogens (tertiary/aromatic N) is 3. The summed E-state index contributed by atoms with van der Waals surface area (Å²) < 4.78 is 0. The number of aliphatic hydroxyl groups is 2. The molecule has 0 bridgehead atoms. The first kappa shape index (κ1) is 13.3. The van der Waals surface area contributed by atoms with E-state index in [1.54, 1.807) is 29.2 Å². The zero-order valence-corrected chi connectivity index (χ0v) is 10.3. The van der Waals surface area contributed by atoms with Gasteiger partial charge in [0.2, 0.25) is 5.95 Å². The lowest BCUT2D eigenvalue weighted by Crippen LogP contribution is -2.30. The number of aromatic amines is 1. The van der Waals surface area contributed by atoms with E-state index < -0.39 is 0 Å². The van der Waals surface area contributed by atoms with E-state index in [1.807, 2.05) is 0 Å². The summed E-state index contributed by atoms with van der Waals surface area (Å²) >= 11 is 0. The first-order chi connectivity index (χ1) is 9.24. The highest BCUT2D eigenvalue weighted by Gasteiger charge is 2.12. The summed E-state index contributed by atoms with van der Waals surface area (Å²) in [5.41, 5.74) is 0.796. The SMILES string of the molecule is OCCN(CCO)c1n[nH]c(-c2ccc(O)cc2)n1. The zero-order valence-electron chi connectivity index (χ0n) is 10.3. The van der Waals surface area contributed by atoms with Crippen molar-refractivity contribution in [2.75, 3.05) is 31.2 Å². The third-order valence-corrected chi connectivity index (χ3v) is 2.64. The van der Waals surface area contributed by atoms with Gasteiger partial charge >= 0.3 is 0 Å². The molecule has 0 spiro atoms. The van der Waals surface area contributed by atoms with Gasteiger partial charge in [0, 0.05) is 18.7 Å². The van der Waals surface area contributed by atoms with Crippen LogP contribution < -0.4 is 4.90 Å². The topological polar surface area (TPSA) is 106 Å². The number of nitrogens with one attached hydrogen (secondary N) is 1. The van der Waals surface area contributed by atoms with Crippen LogP contribution in [-0.4, -0.2) is 56.8 Å². The average molecular weight is 264 g/mol. The van der Waals surface area contributed by atoms with Gasteiger partial charge in [-0.2, -0.15) is 4.98 Å². The van der Waals surface area contributed by atoms with Crippen molar-refractivity contribution in [3.8, 4) is 17.1 Å². The van der Waals surface area contributed by atoms with Gasteiger partial charge in [-0.3, -0.25) is 5.10 Å². The molecule has 2 rings (SSSR count). The van der Waals surface area contributed by atoms with Gasteiger partial charge < -0.3 is 20.2 Å². The van der Waals surface area contributed by atoms with Crippen LogP contribution in [0.4, 0.5) is 5.95 Å². The van der Waals surface area contributed by atoms with Crippen molar-refractivity contribution in [3.63, 3.8) is 0 Å². The number of phenolic OH excluding ortho intramolecular Hbond substituents is 1. The molecule has 0 amide bonds. The summed E-state index contributed by atoms with van der Waals surface area (Å²) in [5.74, 6) is 1.17. The van der Waals surface area contributed by atoms with Gasteiger partial charge in [0.1, 0.15) is 5.75 Å². The molecule has 0 radical (unpaired) electrons. The summed E-state index contributed by atoms with van der Waals surface area (Å²) in [6, 6.07) is 6.58. The minimum Gasteiger partial charge on any atom is -0.508 e. The van der Waals surface area contributed by atoms with E-state index in [-0.39, 0.29) is 19.0 Å². The number of aromatic hydroxyl groups is 1. The molecule has 1 aromatic carbocycles. The Morgan fingerprint density at radius 1 is 1.05 bits per heavy atom. The molecule has 0 saturated heterocycles. The minimum atomic E-state index is -0.0386. The maximum absolute atomic E-state index is 9.23. The first-order valence-corrected chi connectivity index (χ1v) is 5.93. The van der Waals surface area contributed by atoms with Crippen molar-refractivity contribution in [2.45, 2.75) is 0 Å². The van der Waals surface area contributed by atoms with Crippen LogP contribution in [0.5, 0.6) is 5.75 Å². The Labute approximate surface area is 110 Å². The van der Waals surface area contributed by atoms with Gasteiger partial charge in [-0.15, -0.1) is 5.10 Å². The van der Waals surface area contributed by atoms with E-state index in [4.69, 9.17) is 10.2 Å². The third kappa shape index (κ3) is 3.21. The van der Waals surface area contributed by atoms with Gasteiger partial charge in [-0.1, -0.05) is 0 Å². The van der Waals surface area contributed by atoms with E-state index in [0.717, 1.165) is 5.56 Å². The van der Waals surface area contributed by atoms with Gasteiger partial charge in [-0.25, -0.2) is 0 Å². The third-order valence-electron chi connectivity index (χ3n) is 2.64. The molecule has 0 unspecified atom stereocenters. The Kier molecular flexibility index (Phi) is 4.32. The highest BCUT2D eigenvalue weighted by atomic mass is 16.3. The Morgan fingerprint density at radius 2 is 1.68 bits per heavy atom. The lowest BCUT2D eigenvalue weighted by Gasteiger charge is -2.17. The van der Waals surface area contributed by atoms with Crippen LogP contribution in [0, 0.1) is 0 Å². The molecule has 1 aromatic heterocycles. The quantitative estimate of drug-likeness (QED) is 0.584. The van der Waals surface area contributed by atoms with Crippen LogP contribution in [0.2, 0.25) is 0 Å². The normalized spacial score (nSPS) is 10.6. The number of aromatic nitrogens is 3. The second-order valence-electron chi connectivity index (χ2n) is 3.97. The standard InChI is InChI=1S/C12H16N4O3/c17-7-5-16(6-8-18)12-13-11(14-15-12)9-1-3-10(19)4-2-9/h1-4,17-19H,5-8H2,(H,13,14,15). The Hall–Kier alpha value is -2.12. The number of rotatable bonds is 6.